The van der Waals surface area contributed by atoms with E-state index in [1.54, 1.807) is 6.26 Å². The van der Waals surface area contributed by atoms with Crippen molar-refractivity contribution in [2.45, 2.75) is 19.9 Å². The monoisotopic (exact) mass is 275 g/mol. The lowest BCUT2D eigenvalue weighted by atomic mass is 10.2. The number of rotatable bonds is 6. The van der Waals surface area contributed by atoms with Crippen molar-refractivity contribution in [2.24, 2.45) is 0 Å². The van der Waals surface area contributed by atoms with Gasteiger partial charge in [-0.25, -0.2) is 0 Å². The van der Waals surface area contributed by atoms with Gasteiger partial charge in [-0.2, -0.15) is 0 Å². The average molecular weight is 275 g/mol. The molecule has 0 amide bonds. The summed E-state index contributed by atoms with van der Waals surface area (Å²) in [5.74, 6) is 1.74. The highest BCUT2D eigenvalue weighted by Crippen LogP contribution is 2.13. The van der Waals surface area contributed by atoms with Crippen molar-refractivity contribution < 1.29 is 9.15 Å². The first-order valence-electron chi connectivity index (χ1n) is 6.33. The lowest BCUT2D eigenvalue weighted by Crippen LogP contribution is -2.21. The predicted octanol–water partition coefficient (Wildman–Crippen LogP) is 3.53. The topological polar surface area (TPSA) is 34.4 Å². The Morgan fingerprint density at radius 1 is 1.26 bits per heavy atom. The molecule has 1 aromatic heterocycles. The van der Waals surface area contributed by atoms with E-state index in [2.05, 4.69) is 12.2 Å². The molecular formula is C15H17NO2S. The molecule has 2 aromatic rings. The highest BCUT2D eigenvalue weighted by Gasteiger charge is 2.02. The van der Waals surface area contributed by atoms with Gasteiger partial charge in [0, 0.05) is 5.56 Å². The Bertz CT molecular complexity index is 505. The first-order valence-corrected chi connectivity index (χ1v) is 6.74. The molecule has 0 fully saturated rings. The summed E-state index contributed by atoms with van der Waals surface area (Å²) in [5, 5.41) is 3.16. The van der Waals surface area contributed by atoms with Crippen LogP contribution in [0.5, 0.6) is 5.75 Å². The molecule has 0 saturated heterocycles. The summed E-state index contributed by atoms with van der Waals surface area (Å²) >= 11 is 5.33. The molecule has 0 saturated carbocycles. The molecule has 1 N–H and O–H groups in total. The van der Waals surface area contributed by atoms with E-state index in [0.717, 1.165) is 30.1 Å². The molecule has 4 heteroatoms. The maximum absolute atomic E-state index is 5.53. The van der Waals surface area contributed by atoms with Crippen molar-refractivity contribution in [1.82, 2.24) is 5.32 Å². The van der Waals surface area contributed by atoms with Gasteiger partial charge in [0.1, 0.15) is 16.5 Å². The van der Waals surface area contributed by atoms with Crippen molar-refractivity contribution in [2.75, 3.05) is 6.61 Å². The van der Waals surface area contributed by atoms with Crippen LogP contribution in [0.25, 0.3) is 0 Å². The molecule has 0 radical (unpaired) electrons. The maximum atomic E-state index is 5.53. The van der Waals surface area contributed by atoms with E-state index in [1.165, 1.54) is 0 Å². The second-order valence-electron chi connectivity index (χ2n) is 4.13. The van der Waals surface area contributed by atoms with Crippen molar-refractivity contribution in [1.29, 1.82) is 0 Å². The van der Waals surface area contributed by atoms with E-state index < -0.39 is 0 Å². The lowest BCUT2D eigenvalue weighted by molar-refractivity contribution is 0.317. The molecule has 2 rings (SSSR count). The van der Waals surface area contributed by atoms with E-state index in [0.29, 0.717) is 11.5 Å². The predicted molar refractivity (Wildman–Crippen MR) is 79.5 cm³/mol. The summed E-state index contributed by atoms with van der Waals surface area (Å²) in [7, 11) is 0. The van der Waals surface area contributed by atoms with Gasteiger partial charge in [0.05, 0.1) is 19.4 Å². The van der Waals surface area contributed by atoms with E-state index in [1.807, 2.05) is 36.4 Å². The number of benzene rings is 1. The molecule has 0 aliphatic carbocycles. The van der Waals surface area contributed by atoms with Crippen LogP contribution in [0.1, 0.15) is 24.7 Å². The zero-order chi connectivity index (χ0) is 13.5. The van der Waals surface area contributed by atoms with Gasteiger partial charge in [-0.3, -0.25) is 0 Å². The number of hydrogen-bond donors (Lipinski definition) is 1. The van der Waals surface area contributed by atoms with E-state index >= 15 is 0 Å². The Morgan fingerprint density at radius 2 is 2.05 bits per heavy atom. The van der Waals surface area contributed by atoms with Gasteiger partial charge in [-0.05, 0) is 42.8 Å². The first kappa shape index (κ1) is 13.6. The van der Waals surface area contributed by atoms with Gasteiger partial charge in [-0.15, -0.1) is 0 Å². The number of nitrogens with one attached hydrogen (secondary N) is 1. The number of thiocarbonyl (C=S) groups is 1. The zero-order valence-corrected chi connectivity index (χ0v) is 11.7. The van der Waals surface area contributed by atoms with Crippen molar-refractivity contribution in [3.05, 3.63) is 54.0 Å². The molecule has 0 aliphatic heterocycles. The minimum Gasteiger partial charge on any atom is -0.494 e. The molecule has 0 aliphatic rings. The number of furan rings is 1. The molecule has 0 bridgehead atoms. The molecule has 100 valence electrons. The van der Waals surface area contributed by atoms with Crippen LogP contribution in [0.3, 0.4) is 0 Å². The van der Waals surface area contributed by atoms with Gasteiger partial charge in [0.2, 0.25) is 0 Å². The fourth-order valence-electron chi connectivity index (χ4n) is 1.61. The third-order valence-electron chi connectivity index (χ3n) is 2.59. The minimum atomic E-state index is 0.597. The summed E-state index contributed by atoms with van der Waals surface area (Å²) in [6.45, 7) is 3.42. The van der Waals surface area contributed by atoms with Crippen molar-refractivity contribution in [3.8, 4) is 5.75 Å². The molecule has 1 heterocycles. The third kappa shape index (κ3) is 4.10. The van der Waals surface area contributed by atoms with Crippen LogP contribution < -0.4 is 10.1 Å². The lowest BCUT2D eigenvalue weighted by Gasteiger charge is -2.08. The summed E-state index contributed by atoms with van der Waals surface area (Å²) in [4.78, 5) is 0.707. The summed E-state index contributed by atoms with van der Waals surface area (Å²) in [5.41, 5.74) is 0.977. The summed E-state index contributed by atoms with van der Waals surface area (Å²) in [6, 6.07) is 11.6. The molecule has 1 aromatic carbocycles. The minimum absolute atomic E-state index is 0.597. The van der Waals surface area contributed by atoms with Gasteiger partial charge < -0.3 is 14.5 Å². The Balaban J connectivity index is 1.88. The third-order valence-corrected chi connectivity index (χ3v) is 2.97. The Morgan fingerprint density at radius 3 is 2.68 bits per heavy atom. The fraction of sp³-hybridized carbons (Fsp3) is 0.267. The van der Waals surface area contributed by atoms with Crippen LogP contribution in [0.4, 0.5) is 0 Å². The highest BCUT2D eigenvalue weighted by molar-refractivity contribution is 7.80. The van der Waals surface area contributed by atoms with Gasteiger partial charge in [0.15, 0.2) is 0 Å². The fourth-order valence-corrected chi connectivity index (χ4v) is 1.81. The second kappa shape index (κ2) is 6.95. The van der Waals surface area contributed by atoms with Crippen LogP contribution in [0.15, 0.2) is 47.1 Å². The average Bonchev–Trinajstić information content (AvgIpc) is 2.96. The second-order valence-corrected chi connectivity index (χ2v) is 4.54. The molecular weight excluding hydrogens is 258 g/mol. The van der Waals surface area contributed by atoms with Gasteiger partial charge >= 0.3 is 0 Å². The van der Waals surface area contributed by atoms with Gasteiger partial charge in [0.25, 0.3) is 0 Å². The normalized spacial score (nSPS) is 10.2. The zero-order valence-electron chi connectivity index (χ0n) is 10.9. The summed E-state index contributed by atoms with van der Waals surface area (Å²) in [6.07, 6.45) is 2.66. The Labute approximate surface area is 118 Å². The van der Waals surface area contributed by atoms with E-state index in [-0.39, 0.29) is 0 Å². The quantitative estimate of drug-likeness (QED) is 0.818. The van der Waals surface area contributed by atoms with Gasteiger partial charge in [-0.1, -0.05) is 19.1 Å². The molecule has 0 spiro atoms. The van der Waals surface area contributed by atoms with Crippen molar-refractivity contribution in [3.63, 3.8) is 0 Å². The first-order chi connectivity index (χ1) is 9.29. The summed E-state index contributed by atoms with van der Waals surface area (Å²) < 4.78 is 10.8. The number of hydrogen-bond acceptors (Lipinski definition) is 3. The largest absolute Gasteiger partial charge is 0.494 e. The molecule has 3 nitrogen and oxygen atoms in total. The molecule has 0 unspecified atom stereocenters. The smallest absolute Gasteiger partial charge is 0.122 e. The van der Waals surface area contributed by atoms with Crippen LogP contribution in [-0.2, 0) is 6.54 Å². The van der Waals surface area contributed by atoms with Crippen LogP contribution in [0, 0.1) is 0 Å². The highest BCUT2D eigenvalue weighted by atomic mass is 32.1. The van der Waals surface area contributed by atoms with E-state index in [9.17, 15) is 0 Å². The Hall–Kier alpha value is -1.81. The van der Waals surface area contributed by atoms with Crippen LogP contribution in [-0.4, -0.2) is 11.6 Å². The van der Waals surface area contributed by atoms with E-state index in [4.69, 9.17) is 21.4 Å². The maximum Gasteiger partial charge on any atom is 0.122 e. The van der Waals surface area contributed by atoms with Crippen LogP contribution >= 0.6 is 12.2 Å². The Kier molecular flexibility index (Phi) is 4.98. The molecule has 0 atom stereocenters. The standard InChI is InChI=1S/C15H17NO2S/c1-2-9-17-13-7-5-12(6-8-13)15(19)16-11-14-4-3-10-18-14/h3-8,10H,2,9,11H2,1H3,(H,16,19). The SMILES string of the molecule is CCCOc1ccc(C(=S)NCc2ccco2)cc1. The molecule has 19 heavy (non-hydrogen) atoms. The van der Waals surface area contributed by atoms with Crippen LogP contribution in [0.2, 0.25) is 0 Å². The number of ether oxygens (including phenoxy) is 1. The van der Waals surface area contributed by atoms with Crippen molar-refractivity contribution >= 4 is 17.2 Å².